The van der Waals surface area contributed by atoms with E-state index in [2.05, 4.69) is 10.4 Å². The highest BCUT2D eigenvalue weighted by molar-refractivity contribution is 7.89. The molecule has 0 aliphatic carbocycles. The van der Waals surface area contributed by atoms with E-state index < -0.39 is 21.9 Å². The van der Waals surface area contributed by atoms with Crippen molar-refractivity contribution >= 4 is 21.6 Å². The van der Waals surface area contributed by atoms with E-state index in [9.17, 15) is 26.4 Å². The van der Waals surface area contributed by atoms with Gasteiger partial charge in [-0.1, -0.05) is 29.8 Å². The van der Waals surface area contributed by atoms with Gasteiger partial charge in [0, 0.05) is 18.2 Å². The Balaban J connectivity index is 0.000000289. The molecule has 0 unspecified atom stereocenters. The number of amides is 1. The minimum absolute atomic E-state index is 0.115. The number of nitrogens with zero attached hydrogens (tertiary/aromatic N) is 2. The van der Waals surface area contributed by atoms with Crippen molar-refractivity contribution in [3.05, 3.63) is 90.1 Å². The number of carbonyl (C=O) groups excluding carboxylic acids is 1. The standard InChI is InChI=1S/C17H14F3N3O2S.C8H9NO2/c1-11-2-4-12(5-3-11)15-10-16(17(18,19)20)22-23(15)13-6-8-14(9-7-13)26(21,24)25;1-6(10)9-7-2-4-8(11)5-3-7/h2-10H,1H3,(H2,21,24,25);2-5,11H,1H3,(H,9,10). The first kappa shape index (κ1) is 27.4. The van der Waals surface area contributed by atoms with Crippen LogP contribution in [0.2, 0.25) is 0 Å². The Labute approximate surface area is 211 Å². The fourth-order valence-electron chi connectivity index (χ4n) is 3.17. The molecule has 37 heavy (non-hydrogen) atoms. The number of sulfonamides is 1. The second-order valence-corrected chi connectivity index (χ2v) is 9.52. The summed E-state index contributed by atoms with van der Waals surface area (Å²) in [6.07, 6.45) is -4.61. The molecular weight excluding hydrogens is 509 g/mol. The van der Waals surface area contributed by atoms with E-state index in [0.717, 1.165) is 16.3 Å². The lowest BCUT2D eigenvalue weighted by atomic mass is 10.1. The lowest BCUT2D eigenvalue weighted by Gasteiger charge is -2.09. The average molecular weight is 533 g/mol. The summed E-state index contributed by atoms with van der Waals surface area (Å²) in [6, 6.07) is 19.4. The molecule has 0 bridgehead atoms. The molecule has 0 saturated heterocycles. The highest BCUT2D eigenvalue weighted by Gasteiger charge is 2.35. The molecule has 0 radical (unpaired) electrons. The average Bonchev–Trinajstić information content (AvgIpc) is 3.27. The Morgan fingerprint density at radius 2 is 1.54 bits per heavy atom. The van der Waals surface area contributed by atoms with Crippen molar-refractivity contribution in [3.8, 4) is 22.7 Å². The van der Waals surface area contributed by atoms with Crippen LogP contribution in [-0.4, -0.2) is 29.2 Å². The lowest BCUT2D eigenvalue weighted by molar-refractivity contribution is -0.141. The van der Waals surface area contributed by atoms with E-state index in [1.54, 1.807) is 36.4 Å². The molecule has 0 aliphatic heterocycles. The van der Waals surface area contributed by atoms with Gasteiger partial charge in [0.2, 0.25) is 15.9 Å². The number of aromatic hydroxyl groups is 1. The lowest BCUT2D eigenvalue weighted by Crippen LogP contribution is -2.12. The Kier molecular flexibility index (Phi) is 8.04. The third kappa shape index (κ3) is 7.41. The molecule has 8 nitrogen and oxygen atoms in total. The zero-order valence-corrected chi connectivity index (χ0v) is 20.5. The molecule has 3 aromatic carbocycles. The molecule has 1 amide bonds. The van der Waals surface area contributed by atoms with E-state index in [-0.39, 0.29) is 27.9 Å². The molecule has 0 aliphatic rings. The summed E-state index contributed by atoms with van der Waals surface area (Å²) in [5.41, 5.74) is 1.69. The molecule has 0 fully saturated rings. The van der Waals surface area contributed by atoms with Crippen molar-refractivity contribution in [3.63, 3.8) is 0 Å². The number of alkyl halides is 3. The molecule has 1 aromatic heterocycles. The summed E-state index contributed by atoms with van der Waals surface area (Å²) in [4.78, 5) is 10.4. The largest absolute Gasteiger partial charge is 0.508 e. The number of hydrogen-bond donors (Lipinski definition) is 3. The third-order valence-corrected chi connectivity index (χ3v) is 5.87. The normalized spacial score (nSPS) is 11.4. The van der Waals surface area contributed by atoms with Crippen molar-refractivity contribution in [2.45, 2.75) is 24.9 Å². The number of phenols is 1. The summed E-state index contributed by atoms with van der Waals surface area (Å²) >= 11 is 0. The highest BCUT2D eigenvalue weighted by Crippen LogP contribution is 2.33. The molecular formula is C25H23F3N4O4S. The Hall–Kier alpha value is -4.16. The van der Waals surface area contributed by atoms with Gasteiger partial charge in [0.05, 0.1) is 16.3 Å². The first-order valence-electron chi connectivity index (χ1n) is 10.7. The number of hydrogen-bond acceptors (Lipinski definition) is 5. The van der Waals surface area contributed by atoms with Gasteiger partial charge in [-0.15, -0.1) is 0 Å². The second kappa shape index (κ2) is 10.8. The molecule has 0 atom stereocenters. The zero-order chi connectivity index (χ0) is 27.4. The van der Waals surface area contributed by atoms with Gasteiger partial charge in [0.25, 0.3) is 0 Å². The Bertz CT molecular complexity index is 1480. The minimum atomic E-state index is -4.61. The van der Waals surface area contributed by atoms with Crippen LogP contribution in [0.4, 0.5) is 18.9 Å². The fraction of sp³-hybridized carbons (Fsp3) is 0.120. The summed E-state index contributed by atoms with van der Waals surface area (Å²) < 4.78 is 63.2. The number of nitrogens with one attached hydrogen (secondary N) is 1. The molecule has 4 aromatic rings. The number of carbonyl (C=O) groups is 1. The van der Waals surface area contributed by atoms with E-state index in [1.165, 1.54) is 43.3 Å². The smallest absolute Gasteiger partial charge is 0.435 e. The van der Waals surface area contributed by atoms with Crippen LogP contribution in [-0.2, 0) is 21.0 Å². The predicted molar refractivity (Wildman–Crippen MR) is 133 cm³/mol. The van der Waals surface area contributed by atoms with Crippen LogP contribution < -0.4 is 10.5 Å². The number of anilines is 1. The SMILES string of the molecule is CC(=O)Nc1ccc(O)cc1.Cc1ccc(-c2cc(C(F)(F)F)nn2-c2ccc(S(N)(=O)=O)cc2)cc1. The highest BCUT2D eigenvalue weighted by atomic mass is 32.2. The van der Waals surface area contributed by atoms with Crippen LogP contribution in [0.25, 0.3) is 16.9 Å². The summed E-state index contributed by atoms with van der Waals surface area (Å²) in [7, 11) is -3.90. The van der Waals surface area contributed by atoms with Crippen molar-refractivity contribution in [1.29, 1.82) is 0 Å². The molecule has 194 valence electrons. The number of aromatic nitrogens is 2. The van der Waals surface area contributed by atoms with E-state index >= 15 is 0 Å². The minimum Gasteiger partial charge on any atom is -0.508 e. The molecule has 0 spiro atoms. The maximum absolute atomic E-state index is 13.1. The monoisotopic (exact) mass is 532 g/mol. The van der Waals surface area contributed by atoms with E-state index in [1.807, 2.05) is 6.92 Å². The van der Waals surface area contributed by atoms with Crippen molar-refractivity contribution < 1.29 is 31.5 Å². The Morgan fingerprint density at radius 3 is 2.03 bits per heavy atom. The summed E-state index contributed by atoms with van der Waals surface area (Å²) in [6.45, 7) is 3.31. The van der Waals surface area contributed by atoms with Crippen LogP contribution in [0.3, 0.4) is 0 Å². The predicted octanol–water partition coefficient (Wildman–Crippen LogP) is 4.86. The van der Waals surface area contributed by atoms with Crippen LogP contribution in [0, 0.1) is 6.92 Å². The van der Waals surface area contributed by atoms with Gasteiger partial charge in [0.15, 0.2) is 5.69 Å². The first-order valence-corrected chi connectivity index (χ1v) is 12.2. The van der Waals surface area contributed by atoms with Crippen LogP contribution >= 0.6 is 0 Å². The summed E-state index contributed by atoms with van der Waals surface area (Å²) in [5, 5.41) is 20.2. The number of rotatable bonds is 4. The number of phenolic OH excluding ortho intramolecular Hbond substituents is 1. The van der Waals surface area contributed by atoms with Gasteiger partial charge in [-0.25, -0.2) is 18.2 Å². The van der Waals surface area contributed by atoms with Gasteiger partial charge >= 0.3 is 6.18 Å². The van der Waals surface area contributed by atoms with Crippen LogP contribution in [0.5, 0.6) is 5.75 Å². The second-order valence-electron chi connectivity index (χ2n) is 7.96. The quantitative estimate of drug-likeness (QED) is 0.324. The van der Waals surface area contributed by atoms with E-state index in [0.29, 0.717) is 11.3 Å². The molecule has 0 saturated carbocycles. The third-order valence-electron chi connectivity index (χ3n) is 4.94. The topological polar surface area (TPSA) is 127 Å². The van der Waals surface area contributed by atoms with Gasteiger partial charge in [-0.2, -0.15) is 18.3 Å². The number of primary sulfonamides is 1. The maximum Gasteiger partial charge on any atom is 0.435 e. The van der Waals surface area contributed by atoms with Crippen molar-refractivity contribution in [1.82, 2.24) is 9.78 Å². The summed E-state index contributed by atoms with van der Waals surface area (Å²) in [5.74, 6) is 0.0785. The maximum atomic E-state index is 13.1. The van der Waals surface area contributed by atoms with Gasteiger partial charge in [-0.3, -0.25) is 4.79 Å². The van der Waals surface area contributed by atoms with Crippen LogP contribution in [0.1, 0.15) is 18.2 Å². The van der Waals surface area contributed by atoms with Crippen molar-refractivity contribution in [2.24, 2.45) is 5.14 Å². The van der Waals surface area contributed by atoms with Gasteiger partial charge in [0.1, 0.15) is 5.75 Å². The fourth-order valence-corrected chi connectivity index (χ4v) is 3.69. The molecule has 1 heterocycles. The number of nitrogens with two attached hydrogens (primary N) is 1. The van der Waals surface area contributed by atoms with E-state index in [4.69, 9.17) is 10.2 Å². The zero-order valence-electron chi connectivity index (χ0n) is 19.7. The molecule has 4 rings (SSSR count). The molecule has 4 N–H and O–H groups in total. The first-order chi connectivity index (χ1) is 17.2. The number of aryl methyl sites for hydroxylation is 1. The number of benzene rings is 3. The van der Waals surface area contributed by atoms with Gasteiger partial charge < -0.3 is 10.4 Å². The molecule has 12 heteroatoms. The van der Waals surface area contributed by atoms with Crippen LogP contribution in [0.15, 0.2) is 83.8 Å². The number of halogens is 3. The van der Waals surface area contributed by atoms with Gasteiger partial charge in [-0.05, 0) is 61.5 Å². The van der Waals surface area contributed by atoms with Crippen molar-refractivity contribution in [2.75, 3.05) is 5.32 Å². The Morgan fingerprint density at radius 1 is 0.973 bits per heavy atom.